The summed E-state index contributed by atoms with van der Waals surface area (Å²) in [6, 6.07) is 4.42. The molecule has 3 nitrogen and oxygen atoms in total. The summed E-state index contributed by atoms with van der Waals surface area (Å²) < 4.78 is 13.3. The Labute approximate surface area is 129 Å². The van der Waals surface area contributed by atoms with E-state index in [0.717, 1.165) is 31.5 Å². The topological polar surface area (TPSA) is 40.5 Å². The third kappa shape index (κ3) is 4.68. The van der Waals surface area contributed by atoms with Crippen LogP contribution in [0.1, 0.15) is 31.7 Å². The van der Waals surface area contributed by atoms with Crippen LogP contribution in [0.15, 0.2) is 18.2 Å². The Balaban J connectivity index is 1.98. The molecule has 0 amide bonds. The second-order valence-corrected chi connectivity index (χ2v) is 6.36. The molecular formula is C16H21ClFNO2. The Morgan fingerprint density at radius 1 is 1.57 bits per heavy atom. The summed E-state index contributed by atoms with van der Waals surface area (Å²) in [6.45, 7) is 4.41. The van der Waals surface area contributed by atoms with Crippen LogP contribution in [0.4, 0.5) is 4.39 Å². The molecule has 0 spiro atoms. The molecule has 1 heterocycles. The average Bonchev–Trinajstić information content (AvgIpc) is 2.42. The normalized spacial score (nSPS) is 21.2. The zero-order chi connectivity index (χ0) is 15.4. The molecule has 0 aliphatic carbocycles. The van der Waals surface area contributed by atoms with Crippen LogP contribution < -0.4 is 0 Å². The molecule has 116 valence electrons. The first-order valence-electron chi connectivity index (χ1n) is 7.33. The predicted molar refractivity (Wildman–Crippen MR) is 80.8 cm³/mol. The number of benzene rings is 1. The van der Waals surface area contributed by atoms with Crippen LogP contribution in [0.25, 0.3) is 0 Å². The molecule has 1 fully saturated rings. The van der Waals surface area contributed by atoms with E-state index < -0.39 is 5.97 Å². The Morgan fingerprint density at radius 2 is 2.33 bits per heavy atom. The Bertz CT molecular complexity index is 509. The zero-order valence-electron chi connectivity index (χ0n) is 12.2. The number of likely N-dealkylation sites (tertiary alicyclic amines) is 1. The number of halogens is 2. The van der Waals surface area contributed by atoms with Crippen LogP contribution in [-0.2, 0) is 11.3 Å². The van der Waals surface area contributed by atoms with Gasteiger partial charge in [0.05, 0.1) is 0 Å². The van der Waals surface area contributed by atoms with Gasteiger partial charge in [-0.2, -0.15) is 0 Å². The number of piperidine rings is 1. The molecule has 2 atom stereocenters. The molecule has 0 bridgehead atoms. The third-order valence-electron chi connectivity index (χ3n) is 4.25. The number of carboxylic acid groups (broad SMARTS) is 1. The van der Waals surface area contributed by atoms with Gasteiger partial charge >= 0.3 is 5.97 Å². The predicted octanol–water partition coefficient (Wildman–Crippen LogP) is 3.80. The van der Waals surface area contributed by atoms with E-state index in [-0.39, 0.29) is 18.2 Å². The van der Waals surface area contributed by atoms with Crippen molar-refractivity contribution in [1.82, 2.24) is 4.90 Å². The summed E-state index contributed by atoms with van der Waals surface area (Å²) >= 11 is 6.11. The monoisotopic (exact) mass is 313 g/mol. The van der Waals surface area contributed by atoms with Crippen molar-refractivity contribution in [2.45, 2.75) is 32.7 Å². The summed E-state index contributed by atoms with van der Waals surface area (Å²) in [5.74, 6) is -0.481. The van der Waals surface area contributed by atoms with Crippen LogP contribution in [0.5, 0.6) is 0 Å². The summed E-state index contributed by atoms with van der Waals surface area (Å²) in [4.78, 5) is 13.1. The summed E-state index contributed by atoms with van der Waals surface area (Å²) in [5.41, 5.74) is 0.795. The van der Waals surface area contributed by atoms with Gasteiger partial charge < -0.3 is 5.11 Å². The first-order chi connectivity index (χ1) is 9.95. The van der Waals surface area contributed by atoms with Crippen molar-refractivity contribution >= 4 is 17.6 Å². The lowest BCUT2D eigenvalue weighted by molar-refractivity contribution is -0.138. The van der Waals surface area contributed by atoms with Crippen molar-refractivity contribution < 1.29 is 14.3 Å². The summed E-state index contributed by atoms with van der Waals surface area (Å²) in [6.07, 6.45) is 2.31. The standard InChI is InChI=1S/C16H21ClFNO2/c1-11(7-16(20)21)12-3-2-6-19(9-12)10-13-8-14(18)4-5-15(13)17/h4-5,8,11-12H,2-3,6-7,9-10H2,1H3,(H,20,21). The SMILES string of the molecule is CC(CC(=O)O)C1CCCN(Cc2cc(F)ccc2Cl)C1. The highest BCUT2D eigenvalue weighted by Gasteiger charge is 2.26. The lowest BCUT2D eigenvalue weighted by Gasteiger charge is -2.35. The van der Waals surface area contributed by atoms with Gasteiger partial charge in [0.2, 0.25) is 0 Å². The number of rotatable bonds is 5. The second-order valence-electron chi connectivity index (χ2n) is 5.95. The molecule has 1 saturated heterocycles. The lowest BCUT2D eigenvalue weighted by Crippen LogP contribution is -2.37. The van der Waals surface area contributed by atoms with E-state index in [1.807, 2.05) is 6.92 Å². The smallest absolute Gasteiger partial charge is 0.303 e. The zero-order valence-corrected chi connectivity index (χ0v) is 12.9. The maximum Gasteiger partial charge on any atom is 0.303 e. The van der Waals surface area contributed by atoms with Crippen LogP contribution in [-0.4, -0.2) is 29.1 Å². The van der Waals surface area contributed by atoms with Crippen LogP contribution in [0, 0.1) is 17.7 Å². The minimum atomic E-state index is -0.743. The second kappa shape index (κ2) is 7.23. The molecule has 1 aromatic carbocycles. The van der Waals surface area contributed by atoms with E-state index in [9.17, 15) is 9.18 Å². The number of hydrogen-bond donors (Lipinski definition) is 1. The number of hydrogen-bond acceptors (Lipinski definition) is 2. The highest BCUT2D eigenvalue weighted by molar-refractivity contribution is 6.31. The first-order valence-corrected chi connectivity index (χ1v) is 7.71. The van der Waals surface area contributed by atoms with E-state index in [2.05, 4.69) is 4.90 Å². The molecule has 0 aromatic heterocycles. The fourth-order valence-corrected chi connectivity index (χ4v) is 3.22. The van der Waals surface area contributed by atoms with Crippen LogP contribution >= 0.6 is 11.6 Å². The minimum Gasteiger partial charge on any atom is -0.481 e. The van der Waals surface area contributed by atoms with Gasteiger partial charge in [0.15, 0.2) is 0 Å². The Morgan fingerprint density at radius 3 is 3.05 bits per heavy atom. The van der Waals surface area contributed by atoms with E-state index in [0.29, 0.717) is 17.5 Å². The van der Waals surface area contributed by atoms with Crippen molar-refractivity contribution in [3.63, 3.8) is 0 Å². The maximum absolute atomic E-state index is 13.3. The molecule has 2 unspecified atom stereocenters. The van der Waals surface area contributed by atoms with Gasteiger partial charge in [-0.15, -0.1) is 0 Å². The Hall–Kier alpha value is -1.13. The fraction of sp³-hybridized carbons (Fsp3) is 0.562. The summed E-state index contributed by atoms with van der Waals surface area (Å²) in [5, 5.41) is 9.49. The highest BCUT2D eigenvalue weighted by atomic mass is 35.5. The third-order valence-corrected chi connectivity index (χ3v) is 4.61. The maximum atomic E-state index is 13.3. The molecule has 0 saturated carbocycles. The highest BCUT2D eigenvalue weighted by Crippen LogP contribution is 2.28. The first kappa shape index (κ1) is 16.2. The largest absolute Gasteiger partial charge is 0.481 e. The van der Waals surface area contributed by atoms with Crippen LogP contribution in [0.2, 0.25) is 5.02 Å². The van der Waals surface area contributed by atoms with Crippen molar-refractivity contribution in [3.05, 3.63) is 34.6 Å². The van der Waals surface area contributed by atoms with Crippen molar-refractivity contribution in [1.29, 1.82) is 0 Å². The molecule has 1 aromatic rings. The molecule has 1 aliphatic rings. The molecular weight excluding hydrogens is 293 g/mol. The lowest BCUT2D eigenvalue weighted by atomic mass is 9.84. The Kier molecular flexibility index (Phi) is 5.59. The molecule has 0 radical (unpaired) electrons. The molecule has 21 heavy (non-hydrogen) atoms. The average molecular weight is 314 g/mol. The quantitative estimate of drug-likeness (QED) is 0.899. The van der Waals surface area contributed by atoms with Gasteiger partial charge in [0, 0.05) is 24.5 Å². The van der Waals surface area contributed by atoms with Crippen LogP contribution in [0.3, 0.4) is 0 Å². The number of nitrogens with zero attached hydrogens (tertiary/aromatic N) is 1. The molecule has 5 heteroatoms. The fourth-order valence-electron chi connectivity index (χ4n) is 3.05. The molecule has 1 aliphatic heterocycles. The van der Waals surface area contributed by atoms with Gasteiger partial charge in [-0.3, -0.25) is 9.69 Å². The van der Waals surface area contributed by atoms with Gasteiger partial charge in [-0.05, 0) is 55.0 Å². The molecule has 1 N–H and O–H groups in total. The van der Waals surface area contributed by atoms with Crippen molar-refractivity contribution in [2.24, 2.45) is 11.8 Å². The van der Waals surface area contributed by atoms with E-state index in [1.165, 1.54) is 12.1 Å². The van der Waals surface area contributed by atoms with Gasteiger partial charge in [-0.25, -0.2) is 4.39 Å². The number of aliphatic carboxylic acids is 1. The van der Waals surface area contributed by atoms with Gasteiger partial charge in [-0.1, -0.05) is 18.5 Å². The number of carboxylic acids is 1. The summed E-state index contributed by atoms with van der Waals surface area (Å²) in [7, 11) is 0. The van der Waals surface area contributed by atoms with E-state index >= 15 is 0 Å². The van der Waals surface area contributed by atoms with Crippen molar-refractivity contribution in [2.75, 3.05) is 13.1 Å². The van der Waals surface area contributed by atoms with E-state index in [1.54, 1.807) is 6.07 Å². The van der Waals surface area contributed by atoms with Crippen molar-refractivity contribution in [3.8, 4) is 0 Å². The molecule has 2 rings (SSSR count). The number of carbonyl (C=O) groups is 1. The minimum absolute atomic E-state index is 0.160. The van der Waals surface area contributed by atoms with Gasteiger partial charge in [0.1, 0.15) is 5.82 Å². The van der Waals surface area contributed by atoms with E-state index in [4.69, 9.17) is 16.7 Å². The van der Waals surface area contributed by atoms with Gasteiger partial charge in [0.25, 0.3) is 0 Å².